The summed E-state index contributed by atoms with van der Waals surface area (Å²) in [4.78, 5) is 21.7. The van der Waals surface area contributed by atoms with E-state index < -0.39 is 12.1 Å². The van der Waals surface area contributed by atoms with E-state index in [2.05, 4.69) is 10.1 Å². The van der Waals surface area contributed by atoms with Crippen molar-refractivity contribution in [2.75, 3.05) is 13.7 Å². The quantitative estimate of drug-likeness (QED) is 0.526. The Morgan fingerprint density at radius 3 is 2.53 bits per heavy atom. The van der Waals surface area contributed by atoms with Crippen molar-refractivity contribution in [1.29, 1.82) is 0 Å². The fourth-order valence-corrected chi connectivity index (χ4v) is 0.925. The molecule has 0 aromatic heterocycles. The average molecular weight is 218 g/mol. The van der Waals surface area contributed by atoms with Crippen LogP contribution in [0.15, 0.2) is 0 Å². The summed E-state index contributed by atoms with van der Waals surface area (Å²) in [7, 11) is 1.28. The lowest BCUT2D eigenvalue weighted by Crippen LogP contribution is -2.38. The van der Waals surface area contributed by atoms with Crippen LogP contribution in [0.25, 0.3) is 0 Å². The number of nitrogens with one attached hydrogen (secondary N) is 1. The minimum atomic E-state index is -1.09. The summed E-state index contributed by atoms with van der Waals surface area (Å²) in [5.74, 6) is -1.31. The Balaban J connectivity index is 3.74. The smallest absolute Gasteiger partial charge is 0.334 e. The molecule has 6 heteroatoms. The van der Waals surface area contributed by atoms with E-state index in [1.807, 2.05) is 6.92 Å². The maximum atomic E-state index is 11.2. The van der Waals surface area contributed by atoms with Crippen LogP contribution in [-0.2, 0) is 14.3 Å². The molecular formula is C9H18N2O4. The Morgan fingerprint density at radius 2 is 2.13 bits per heavy atom. The van der Waals surface area contributed by atoms with Crippen molar-refractivity contribution in [3.8, 4) is 0 Å². The number of methoxy groups -OCH3 is 1. The SMILES string of the molecule is COC(CNC(=O)CCC(C)N)C(=O)O. The van der Waals surface area contributed by atoms with Crippen molar-refractivity contribution in [3.05, 3.63) is 0 Å². The summed E-state index contributed by atoms with van der Waals surface area (Å²) in [6.45, 7) is 1.78. The van der Waals surface area contributed by atoms with Gasteiger partial charge in [-0.05, 0) is 13.3 Å². The lowest BCUT2D eigenvalue weighted by molar-refractivity contribution is -0.148. The molecule has 88 valence electrons. The third kappa shape index (κ3) is 6.87. The first-order chi connectivity index (χ1) is 6.97. The van der Waals surface area contributed by atoms with E-state index in [4.69, 9.17) is 10.8 Å². The number of hydrogen-bond donors (Lipinski definition) is 3. The summed E-state index contributed by atoms with van der Waals surface area (Å²) in [6.07, 6.45) is -0.117. The van der Waals surface area contributed by atoms with Gasteiger partial charge in [-0.2, -0.15) is 0 Å². The van der Waals surface area contributed by atoms with Crippen LogP contribution in [0.1, 0.15) is 19.8 Å². The fraction of sp³-hybridized carbons (Fsp3) is 0.778. The Morgan fingerprint density at radius 1 is 1.53 bits per heavy atom. The maximum absolute atomic E-state index is 11.2. The van der Waals surface area contributed by atoms with Crippen LogP contribution in [0.2, 0.25) is 0 Å². The molecule has 0 aliphatic rings. The number of ether oxygens (including phenoxy) is 1. The molecule has 0 saturated heterocycles. The molecule has 0 aliphatic carbocycles. The zero-order chi connectivity index (χ0) is 11.8. The number of carboxylic acids is 1. The molecule has 4 N–H and O–H groups in total. The van der Waals surface area contributed by atoms with Crippen molar-refractivity contribution in [2.45, 2.75) is 31.9 Å². The molecule has 0 fully saturated rings. The van der Waals surface area contributed by atoms with E-state index in [1.165, 1.54) is 7.11 Å². The Bertz CT molecular complexity index is 218. The first kappa shape index (κ1) is 13.9. The molecule has 15 heavy (non-hydrogen) atoms. The molecule has 6 nitrogen and oxygen atoms in total. The third-order valence-electron chi connectivity index (χ3n) is 1.87. The van der Waals surface area contributed by atoms with E-state index >= 15 is 0 Å². The first-order valence-electron chi connectivity index (χ1n) is 4.75. The number of amides is 1. The van der Waals surface area contributed by atoms with Crippen LogP contribution >= 0.6 is 0 Å². The molecule has 0 aromatic carbocycles. The number of carboxylic acid groups (broad SMARTS) is 1. The largest absolute Gasteiger partial charge is 0.479 e. The van der Waals surface area contributed by atoms with Gasteiger partial charge in [-0.1, -0.05) is 0 Å². The van der Waals surface area contributed by atoms with Gasteiger partial charge in [0.25, 0.3) is 0 Å². The second-order valence-corrected chi connectivity index (χ2v) is 3.38. The van der Waals surface area contributed by atoms with Crippen molar-refractivity contribution >= 4 is 11.9 Å². The Hall–Kier alpha value is -1.14. The highest BCUT2D eigenvalue weighted by Crippen LogP contribution is 1.94. The zero-order valence-electron chi connectivity index (χ0n) is 9.03. The monoisotopic (exact) mass is 218 g/mol. The molecule has 0 radical (unpaired) electrons. The molecule has 0 bridgehead atoms. The molecule has 0 aromatic rings. The van der Waals surface area contributed by atoms with E-state index in [-0.39, 0.29) is 18.5 Å². The van der Waals surface area contributed by atoms with Gasteiger partial charge < -0.3 is 20.9 Å². The molecule has 0 spiro atoms. The summed E-state index contributed by atoms with van der Waals surface area (Å²) in [6, 6.07) is -0.0338. The predicted molar refractivity (Wildman–Crippen MR) is 54.3 cm³/mol. The van der Waals surface area contributed by atoms with Crippen molar-refractivity contribution in [2.24, 2.45) is 5.73 Å². The minimum Gasteiger partial charge on any atom is -0.479 e. The number of hydrogen-bond acceptors (Lipinski definition) is 4. The molecule has 0 heterocycles. The molecule has 0 aliphatic heterocycles. The van der Waals surface area contributed by atoms with Crippen molar-refractivity contribution in [1.82, 2.24) is 5.32 Å². The average Bonchev–Trinajstić information content (AvgIpc) is 2.15. The minimum absolute atomic E-state index is 0.0242. The van der Waals surface area contributed by atoms with Gasteiger partial charge in [0.05, 0.1) is 6.54 Å². The molecule has 0 saturated carbocycles. The maximum Gasteiger partial charge on any atom is 0.334 e. The highest BCUT2D eigenvalue weighted by molar-refractivity contribution is 5.78. The van der Waals surface area contributed by atoms with Crippen LogP contribution in [0.3, 0.4) is 0 Å². The summed E-state index contributed by atoms with van der Waals surface area (Å²) in [5.41, 5.74) is 5.47. The molecule has 2 unspecified atom stereocenters. The topological polar surface area (TPSA) is 102 Å². The van der Waals surface area contributed by atoms with Crippen LogP contribution in [0, 0.1) is 0 Å². The number of rotatable bonds is 7. The fourth-order valence-electron chi connectivity index (χ4n) is 0.925. The van der Waals surface area contributed by atoms with Gasteiger partial charge in [-0.3, -0.25) is 4.79 Å². The van der Waals surface area contributed by atoms with E-state index in [1.54, 1.807) is 0 Å². The zero-order valence-corrected chi connectivity index (χ0v) is 9.03. The van der Waals surface area contributed by atoms with Crippen molar-refractivity contribution in [3.63, 3.8) is 0 Å². The van der Waals surface area contributed by atoms with Gasteiger partial charge in [0.2, 0.25) is 5.91 Å². The van der Waals surface area contributed by atoms with Crippen molar-refractivity contribution < 1.29 is 19.4 Å². The van der Waals surface area contributed by atoms with Gasteiger partial charge in [-0.25, -0.2) is 4.79 Å². The predicted octanol–water partition coefficient (Wildman–Crippen LogP) is -0.670. The molecule has 1 amide bonds. The highest BCUT2D eigenvalue weighted by Gasteiger charge is 2.16. The lowest BCUT2D eigenvalue weighted by atomic mass is 10.2. The third-order valence-corrected chi connectivity index (χ3v) is 1.87. The second kappa shape index (κ2) is 7.19. The first-order valence-corrected chi connectivity index (χ1v) is 4.75. The summed E-state index contributed by atoms with van der Waals surface area (Å²) in [5, 5.41) is 11.1. The summed E-state index contributed by atoms with van der Waals surface area (Å²) >= 11 is 0. The van der Waals surface area contributed by atoms with Gasteiger partial charge in [-0.15, -0.1) is 0 Å². The van der Waals surface area contributed by atoms with E-state index in [0.29, 0.717) is 12.8 Å². The number of carbonyl (C=O) groups excluding carboxylic acids is 1. The van der Waals surface area contributed by atoms with Gasteiger partial charge in [0.1, 0.15) is 0 Å². The van der Waals surface area contributed by atoms with Gasteiger partial charge in [0.15, 0.2) is 6.10 Å². The van der Waals surface area contributed by atoms with E-state index in [9.17, 15) is 9.59 Å². The second-order valence-electron chi connectivity index (χ2n) is 3.38. The van der Waals surface area contributed by atoms with Crippen LogP contribution in [0.5, 0.6) is 0 Å². The number of carbonyl (C=O) groups is 2. The highest BCUT2D eigenvalue weighted by atomic mass is 16.5. The number of nitrogens with two attached hydrogens (primary N) is 1. The Labute approximate surface area is 88.8 Å². The number of aliphatic carboxylic acids is 1. The summed E-state index contributed by atoms with van der Waals surface area (Å²) < 4.78 is 4.65. The molecule has 2 atom stereocenters. The van der Waals surface area contributed by atoms with Gasteiger partial charge in [0, 0.05) is 19.6 Å². The lowest BCUT2D eigenvalue weighted by Gasteiger charge is -2.11. The molecular weight excluding hydrogens is 200 g/mol. The Kier molecular flexibility index (Phi) is 6.64. The normalized spacial score (nSPS) is 14.3. The van der Waals surface area contributed by atoms with Crippen LogP contribution in [0.4, 0.5) is 0 Å². The van der Waals surface area contributed by atoms with Crippen LogP contribution in [-0.4, -0.2) is 42.8 Å². The molecule has 0 rings (SSSR count). The van der Waals surface area contributed by atoms with E-state index in [0.717, 1.165) is 0 Å². The standard InChI is InChI=1S/C9H18N2O4/c1-6(10)3-4-8(12)11-5-7(15-2)9(13)14/h6-7H,3-5,10H2,1-2H3,(H,11,12)(H,13,14). The van der Waals surface area contributed by atoms with Crippen LogP contribution < -0.4 is 11.1 Å². The van der Waals surface area contributed by atoms with Gasteiger partial charge >= 0.3 is 5.97 Å².